The summed E-state index contributed by atoms with van der Waals surface area (Å²) in [6.07, 6.45) is 13.2. The summed E-state index contributed by atoms with van der Waals surface area (Å²) < 4.78 is 0. The third-order valence-corrected chi connectivity index (χ3v) is 3.09. The van der Waals surface area contributed by atoms with Gasteiger partial charge in [-0.05, 0) is 43.6 Å². The molecule has 0 bridgehead atoms. The molecule has 0 unspecified atom stereocenters. The Hall–Kier alpha value is -0.820. The normalized spacial score (nSPS) is 30.5. The molecular weight excluding hydrogens is 196 g/mol. The minimum absolute atomic E-state index is 0.199. The second-order valence-electron chi connectivity index (χ2n) is 5.41. The molecular formula is C15H24O. The molecule has 0 saturated carbocycles. The molecule has 0 fully saturated rings. The molecule has 0 aromatic heterocycles. The molecule has 0 heterocycles. The molecule has 0 aromatic rings. The molecule has 1 nitrogen and oxygen atoms in total. The van der Waals surface area contributed by atoms with E-state index in [-0.39, 0.29) is 12.0 Å². The van der Waals surface area contributed by atoms with Crippen LogP contribution in [-0.2, 0) is 0 Å². The molecule has 1 aliphatic carbocycles. The summed E-state index contributed by atoms with van der Waals surface area (Å²) in [5, 5.41) is 9.27. The monoisotopic (exact) mass is 220 g/mol. The van der Waals surface area contributed by atoms with Crippen LogP contribution in [0.4, 0.5) is 0 Å². The van der Waals surface area contributed by atoms with Crippen LogP contribution in [0.2, 0.25) is 0 Å². The number of aliphatic hydroxyl groups excluding tert-OH is 1. The van der Waals surface area contributed by atoms with Crippen molar-refractivity contribution in [3.63, 3.8) is 0 Å². The van der Waals surface area contributed by atoms with E-state index in [1.54, 1.807) is 0 Å². The Morgan fingerprint density at radius 2 is 2.06 bits per heavy atom. The van der Waals surface area contributed by atoms with E-state index < -0.39 is 0 Å². The predicted molar refractivity (Wildman–Crippen MR) is 70.3 cm³/mol. The lowest BCUT2D eigenvalue weighted by Gasteiger charge is -2.18. The number of hydrogen-bond donors (Lipinski definition) is 1. The second-order valence-corrected chi connectivity index (χ2v) is 5.41. The van der Waals surface area contributed by atoms with Crippen LogP contribution in [0.25, 0.3) is 0 Å². The molecule has 0 radical (unpaired) electrons. The smallest absolute Gasteiger partial charge is 0.0641 e. The Morgan fingerprint density at radius 3 is 2.75 bits per heavy atom. The van der Waals surface area contributed by atoms with E-state index in [1.165, 1.54) is 11.1 Å². The Labute approximate surface area is 99.6 Å². The van der Waals surface area contributed by atoms with Crippen LogP contribution < -0.4 is 0 Å². The highest BCUT2D eigenvalue weighted by atomic mass is 16.3. The van der Waals surface area contributed by atoms with Crippen LogP contribution >= 0.6 is 0 Å². The van der Waals surface area contributed by atoms with Crippen molar-refractivity contribution in [2.45, 2.75) is 46.5 Å². The van der Waals surface area contributed by atoms with Gasteiger partial charge in [-0.1, -0.05) is 43.7 Å². The minimum Gasteiger partial charge on any atom is -0.392 e. The van der Waals surface area contributed by atoms with Gasteiger partial charge in [-0.25, -0.2) is 0 Å². The van der Waals surface area contributed by atoms with Gasteiger partial charge in [-0.2, -0.15) is 0 Å². The van der Waals surface area contributed by atoms with Gasteiger partial charge in [0.2, 0.25) is 0 Å². The van der Waals surface area contributed by atoms with Gasteiger partial charge in [-0.15, -0.1) is 0 Å². The molecule has 1 aliphatic rings. The van der Waals surface area contributed by atoms with Gasteiger partial charge in [0.1, 0.15) is 0 Å². The molecule has 0 atom stereocenters. The first-order valence-electron chi connectivity index (χ1n) is 6.15. The summed E-state index contributed by atoms with van der Waals surface area (Å²) >= 11 is 0. The molecule has 0 aromatic carbocycles. The van der Waals surface area contributed by atoms with E-state index in [9.17, 15) is 5.11 Å². The summed E-state index contributed by atoms with van der Waals surface area (Å²) in [6.45, 7) is 6.86. The van der Waals surface area contributed by atoms with Gasteiger partial charge < -0.3 is 5.11 Å². The Kier molecular flexibility index (Phi) is 5.01. The van der Waals surface area contributed by atoms with Crippen LogP contribution in [0.15, 0.2) is 35.5 Å². The third kappa shape index (κ3) is 4.80. The predicted octanol–water partition coefficient (Wildman–Crippen LogP) is 4.01. The van der Waals surface area contributed by atoms with Crippen molar-refractivity contribution in [1.82, 2.24) is 0 Å². The van der Waals surface area contributed by atoms with Crippen LogP contribution in [-0.4, -0.2) is 11.7 Å². The lowest BCUT2D eigenvalue weighted by Crippen LogP contribution is -2.06. The summed E-state index contributed by atoms with van der Waals surface area (Å²) in [6, 6.07) is 0. The van der Waals surface area contributed by atoms with Crippen LogP contribution in [0.1, 0.15) is 46.5 Å². The highest BCUT2D eigenvalue weighted by Crippen LogP contribution is 2.25. The fraction of sp³-hybridized carbons (Fsp3) is 0.600. The summed E-state index contributed by atoms with van der Waals surface area (Å²) in [4.78, 5) is 0. The maximum absolute atomic E-state index is 9.27. The first kappa shape index (κ1) is 13.2. The topological polar surface area (TPSA) is 20.2 Å². The SMILES string of the molecule is C/C1=C/CC/C(CO)=C\CC(C)(C)/C=C/C1. The molecule has 0 saturated heterocycles. The Bertz CT molecular complexity index is 305. The average molecular weight is 220 g/mol. The Morgan fingerprint density at radius 1 is 1.31 bits per heavy atom. The molecule has 90 valence electrons. The van der Waals surface area contributed by atoms with E-state index in [0.717, 1.165) is 25.7 Å². The van der Waals surface area contributed by atoms with Crippen molar-refractivity contribution in [2.24, 2.45) is 5.41 Å². The zero-order valence-corrected chi connectivity index (χ0v) is 10.8. The molecule has 1 heteroatoms. The minimum atomic E-state index is 0.199. The van der Waals surface area contributed by atoms with Crippen LogP contribution in [0.5, 0.6) is 0 Å². The molecule has 0 aliphatic heterocycles. The maximum atomic E-state index is 9.27. The van der Waals surface area contributed by atoms with Crippen LogP contribution in [0.3, 0.4) is 0 Å². The lowest BCUT2D eigenvalue weighted by molar-refractivity contribution is 0.325. The van der Waals surface area contributed by atoms with Gasteiger partial charge in [-0.3, -0.25) is 0 Å². The van der Waals surface area contributed by atoms with Gasteiger partial charge in [0.15, 0.2) is 0 Å². The quantitative estimate of drug-likeness (QED) is 0.662. The fourth-order valence-electron chi connectivity index (χ4n) is 1.87. The summed E-state index contributed by atoms with van der Waals surface area (Å²) in [5.74, 6) is 0. The van der Waals surface area contributed by atoms with Crippen molar-refractivity contribution in [3.8, 4) is 0 Å². The van der Waals surface area contributed by atoms with Crippen molar-refractivity contribution >= 4 is 0 Å². The van der Waals surface area contributed by atoms with E-state index in [2.05, 4.69) is 45.1 Å². The molecule has 1 rings (SSSR count). The number of hydrogen-bond acceptors (Lipinski definition) is 1. The van der Waals surface area contributed by atoms with Crippen LogP contribution in [0, 0.1) is 5.41 Å². The highest BCUT2D eigenvalue weighted by molar-refractivity contribution is 5.13. The molecule has 0 spiro atoms. The lowest BCUT2D eigenvalue weighted by atomic mass is 9.87. The van der Waals surface area contributed by atoms with Gasteiger partial charge >= 0.3 is 0 Å². The summed E-state index contributed by atoms with van der Waals surface area (Å²) in [7, 11) is 0. The largest absolute Gasteiger partial charge is 0.392 e. The van der Waals surface area contributed by atoms with E-state index in [0.29, 0.717) is 0 Å². The van der Waals surface area contributed by atoms with E-state index in [1.807, 2.05) is 0 Å². The highest BCUT2D eigenvalue weighted by Gasteiger charge is 2.12. The summed E-state index contributed by atoms with van der Waals surface area (Å²) in [5.41, 5.74) is 2.80. The van der Waals surface area contributed by atoms with E-state index >= 15 is 0 Å². The average Bonchev–Trinajstić information content (AvgIpc) is 2.24. The second kappa shape index (κ2) is 6.05. The van der Waals surface area contributed by atoms with Crippen molar-refractivity contribution in [2.75, 3.05) is 6.61 Å². The van der Waals surface area contributed by atoms with E-state index in [4.69, 9.17) is 0 Å². The van der Waals surface area contributed by atoms with Crippen molar-refractivity contribution in [1.29, 1.82) is 0 Å². The van der Waals surface area contributed by atoms with Gasteiger partial charge in [0.05, 0.1) is 6.61 Å². The zero-order chi connectivity index (χ0) is 12.0. The number of allylic oxidation sites excluding steroid dienone is 5. The van der Waals surface area contributed by atoms with Crippen molar-refractivity contribution < 1.29 is 5.11 Å². The standard InChI is InChI=1S/C15H24O/c1-13-6-4-8-14(12-16)9-11-15(2,3)10-5-7-13/h5-6,9-10,16H,4,7-8,11-12H2,1-3H3/b10-5+,13-6-,14-9+. The molecule has 1 N–H and O–H groups in total. The molecule has 0 amide bonds. The zero-order valence-electron chi connectivity index (χ0n) is 10.8. The molecule has 16 heavy (non-hydrogen) atoms. The van der Waals surface area contributed by atoms with Gasteiger partial charge in [0.25, 0.3) is 0 Å². The number of aliphatic hydroxyl groups is 1. The third-order valence-electron chi connectivity index (χ3n) is 3.09. The maximum Gasteiger partial charge on any atom is 0.0641 e. The van der Waals surface area contributed by atoms with Crippen molar-refractivity contribution in [3.05, 3.63) is 35.5 Å². The first-order chi connectivity index (χ1) is 7.53. The number of rotatable bonds is 1. The van der Waals surface area contributed by atoms with Gasteiger partial charge in [0, 0.05) is 0 Å². The Balaban J connectivity index is 2.82. The fourth-order valence-corrected chi connectivity index (χ4v) is 1.87. The first-order valence-corrected chi connectivity index (χ1v) is 6.15.